The Morgan fingerprint density at radius 3 is 2.44 bits per heavy atom. The van der Waals surface area contributed by atoms with Crippen LogP contribution in [0.15, 0.2) is 24.3 Å². The minimum absolute atomic E-state index is 0.0708. The number of unbranched alkanes of at least 4 members (excludes halogenated alkanes) is 5. The topological polar surface area (TPSA) is 109 Å². The number of carbonyl (C=O) groups is 1. The largest absolute Gasteiger partial charge is 0.480 e. The monoisotopic (exact) mass is 390 g/mol. The maximum atomic E-state index is 12.1. The fraction of sp³-hybridized carbons (Fsp3) is 0.588. The zero-order valence-electron chi connectivity index (χ0n) is 14.3. The second-order valence-corrected chi connectivity index (χ2v) is 8.30. The van der Waals surface area contributed by atoms with Gasteiger partial charge in [-0.2, -0.15) is 0 Å². The highest BCUT2D eigenvalue weighted by Gasteiger charge is 2.14. The van der Waals surface area contributed by atoms with E-state index in [2.05, 4.69) is 4.72 Å². The molecular formula is C17H27ClN2O4S. The summed E-state index contributed by atoms with van der Waals surface area (Å²) in [6, 6.07) is 5.65. The molecule has 0 fully saturated rings. The van der Waals surface area contributed by atoms with Gasteiger partial charge in [-0.05, 0) is 37.0 Å². The summed E-state index contributed by atoms with van der Waals surface area (Å²) < 4.78 is 26.8. The molecule has 1 rings (SSSR count). The van der Waals surface area contributed by atoms with E-state index in [9.17, 15) is 13.2 Å². The Kier molecular flexibility index (Phi) is 9.85. The van der Waals surface area contributed by atoms with Crippen LogP contribution >= 0.6 is 11.6 Å². The number of carboxylic acids is 1. The van der Waals surface area contributed by atoms with E-state index < -0.39 is 22.0 Å². The first-order valence-electron chi connectivity index (χ1n) is 8.48. The number of sulfonamides is 1. The van der Waals surface area contributed by atoms with E-state index >= 15 is 0 Å². The average molecular weight is 391 g/mol. The summed E-state index contributed by atoms with van der Waals surface area (Å²) in [5.74, 6) is -0.340. The third-order valence-corrected chi connectivity index (χ3v) is 5.41. The molecule has 0 saturated carbocycles. The lowest BCUT2D eigenvalue weighted by Gasteiger charge is -2.11. The summed E-state index contributed by atoms with van der Waals surface area (Å²) in [6.07, 6.45) is 5.80. The summed E-state index contributed by atoms with van der Waals surface area (Å²) in [4.78, 5) is 10.8. The molecule has 0 aliphatic carbocycles. The van der Waals surface area contributed by atoms with Crippen LogP contribution in [0.2, 0.25) is 0 Å². The molecule has 1 atom stereocenters. The van der Waals surface area contributed by atoms with Gasteiger partial charge in [-0.1, -0.05) is 37.8 Å². The molecule has 8 heteroatoms. The molecule has 0 amide bonds. The van der Waals surface area contributed by atoms with E-state index in [1.165, 1.54) is 0 Å². The lowest BCUT2D eigenvalue weighted by atomic mass is 10.1. The summed E-state index contributed by atoms with van der Waals surface area (Å²) in [7, 11) is -3.41. The lowest BCUT2D eigenvalue weighted by molar-refractivity contribution is -0.138. The number of benzene rings is 1. The van der Waals surface area contributed by atoms with Crippen molar-refractivity contribution in [2.24, 2.45) is 5.73 Å². The molecule has 0 aromatic heterocycles. The number of hydrogen-bond donors (Lipinski definition) is 3. The van der Waals surface area contributed by atoms with Crippen LogP contribution in [0.4, 0.5) is 5.69 Å². The van der Waals surface area contributed by atoms with Crippen molar-refractivity contribution in [1.82, 2.24) is 0 Å². The van der Waals surface area contributed by atoms with Crippen LogP contribution in [-0.2, 0) is 21.2 Å². The highest BCUT2D eigenvalue weighted by Crippen LogP contribution is 2.15. The Hall–Kier alpha value is -1.31. The van der Waals surface area contributed by atoms with Gasteiger partial charge in [0, 0.05) is 11.6 Å². The SMILES string of the molecule is NC(Cc1cccc(NS(=O)(=O)CCCCCCCCCl)c1)C(=O)O. The minimum Gasteiger partial charge on any atom is -0.480 e. The van der Waals surface area contributed by atoms with Crippen LogP contribution in [-0.4, -0.2) is 37.2 Å². The number of carboxylic acid groups (broad SMARTS) is 1. The molecule has 1 unspecified atom stereocenters. The smallest absolute Gasteiger partial charge is 0.320 e. The number of halogens is 1. The number of hydrogen-bond acceptors (Lipinski definition) is 4. The Morgan fingerprint density at radius 1 is 1.16 bits per heavy atom. The number of anilines is 1. The van der Waals surface area contributed by atoms with Crippen molar-refractivity contribution in [2.45, 2.75) is 51.0 Å². The maximum absolute atomic E-state index is 12.1. The molecule has 1 aromatic carbocycles. The van der Waals surface area contributed by atoms with Crippen LogP contribution < -0.4 is 10.5 Å². The lowest BCUT2D eigenvalue weighted by Crippen LogP contribution is -2.32. The summed E-state index contributed by atoms with van der Waals surface area (Å²) >= 11 is 5.61. The standard InChI is InChI=1S/C17H27ClN2O4S/c18-10-5-3-1-2-4-6-11-25(23,24)20-15-9-7-8-14(12-15)13-16(19)17(21)22/h7-9,12,16,20H,1-6,10-11,13,19H2,(H,21,22). The summed E-state index contributed by atoms with van der Waals surface area (Å²) in [6.45, 7) is 0. The van der Waals surface area contributed by atoms with Crippen molar-refractivity contribution in [3.8, 4) is 0 Å². The molecule has 0 aliphatic heterocycles. The van der Waals surface area contributed by atoms with Gasteiger partial charge in [0.15, 0.2) is 0 Å². The molecular weight excluding hydrogens is 364 g/mol. The van der Waals surface area contributed by atoms with Gasteiger partial charge in [0.1, 0.15) is 6.04 Å². The van der Waals surface area contributed by atoms with Gasteiger partial charge in [0.25, 0.3) is 0 Å². The van der Waals surface area contributed by atoms with Crippen LogP contribution in [0, 0.1) is 0 Å². The molecule has 6 nitrogen and oxygen atoms in total. The van der Waals surface area contributed by atoms with Gasteiger partial charge in [0.2, 0.25) is 10.0 Å². The predicted octanol–water partition coefficient (Wildman–Crippen LogP) is 2.96. The molecule has 25 heavy (non-hydrogen) atoms. The van der Waals surface area contributed by atoms with Crippen LogP contribution in [0.25, 0.3) is 0 Å². The molecule has 0 aliphatic rings. The Balaban J connectivity index is 2.44. The van der Waals surface area contributed by atoms with E-state index in [4.69, 9.17) is 22.4 Å². The average Bonchev–Trinajstić information content (AvgIpc) is 2.53. The van der Waals surface area contributed by atoms with E-state index in [1.807, 2.05) is 0 Å². The van der Waals surface area contributed by atoms with Crippen molar-refractivity contribution in [1.29, 1.82) is 0 Å². The highest BCUT2D eigenvalue weighted by atomic mass is 35.5. The quantitative estimate of drug-likeness (QED) is 0.354. The van der Waals surface area contributed by atoms with E-state index in [-0.39, 0.29) is 12.2 Å². The Bertz CT molecular complexity index is 637. The van der Waals surface area contributed by atoms with Gasteiger partial charge < -0.3 is 10.8 Å². The zero-order valence-corrected chi connectivity index (χ0v) is 15.9. The molecule has 1 aromatic rings. The molecule has 0 spiro atoms. The van der Waals surface area contributed by atoms with Crippen LogP contribution in [0.3, 0.4) is 0 Å². The maximum Gasteiger partial charge on any atom is 0.320 e. The molecule has 0 saturated heterocycles. The summed E-state index contributed by atoms with van der Waals surface area (Å²) in [5, 5.41) is 8.84. The first-order chi connectivity index (χ1) is 11.8. The van der Waals surface area contributed by atoms with Gasteiger partial charge in [-0.25, -0.2) is 8.42 Å². The number of alkyl halides is 1. The van der Waals surface area contributed by atoms with Gasteiger partial charge in [0.05, 0.1) is 5.75 Å². The van der Waals surface area contributed by atoms with Gasteiger partial charge >= 0.3 is 5.97 Å². The second kappa shape index (κ2) is 11.3. The highest BCUT2D eigenvalue weighted by molar-refractivity contribution is 7.92. The predicted molar refractivity (Wildman–Crippen MR) is 102 cm³/mol. The third-order valence-electron chi connectivity index (χ3n) is 3.77. The van der Waals surface area contributed by atoms with Crippen molar-refractivity contribution < 1.29 is 18.3 Å². The van der Waals surface area contributed by atoms with Crippen LogP contribution in [0.5, 0.6) is 0 Å². The molecule has 142 valence electrons. The van der Waals surface area contributed by atoms with Gasteiger partial charge in [-0.3, -0.25) is 9.52 Å². The number of nitrogens with one attached hydrogen (secondary N) is 1. The number of rotatable bonds is 13. The molecule has 4 N–H and O–H groups in total. The van der Waals surface area contributed by atoms with E-state index in [0.29, 0.717) is 23.6 Å². The van der Waals surface area contributed by atoms with Crippen molar-refractivity contribution >= 4 is 33.3 Å². The Labute approximate surface area is 154 Å². The number of aliphatic carboxylic acids is 1. The number of nitrogens with two attached hydrogens (primary N) is 1. The van der Waals surface area contributed by atoms with Crippen LogP contribution in [0.1, 0.15) is 44.1 Å². The molecule has 0 heterocycles. The van der Waals surface area contributed by atoms with E-state index in [0.717, 1.165) is 32.1 Å². The molecule has 0 radical (unpaired) electrons. The fourth-order valence-electron chi connectivity index (χ4n) is 2.43. The van der Waals surface area contributed by atoms with Gasteiger partial charge in [-0.15, -0.1) is 11.6 Å². The van der Waals surface area contributed by atoms with Crippen molar-refractivity contribution in [2.75, 3.05) is 16.4 Å². The normalized spacial score (nSPS) is 12.7. The van der Waals surface area contributed by atoms with Crippen molar-refractivity contribution in [3.63, 3.8) is 0 Å². The Morgan fingerprint density at radius 2 is 1.80 bits per heavy atom. The third kappa shape index (κ3) is 9.67. The summed E-state index contributed by atoms with van der Waals surface area (Å²) in [5.41, 5.74) is 6.61. The first-order valence-corrected chi connectivity index (χ1v) is 10.7. The zero-order chi connectivity index (χ0) is 18.7. The minimum atomic E-state index is -3.41. The van der Waals surface area contributed by atoms with Crippen molar-refractivity contribution in [3.05, 3.63) is 29.8 Å². The first kappa shape index (κ1) is 21.7. The van der Waals surface area contributed by atoms with E-state index in [1.54, 1.807) is 24.3 Å². The fourth-order valence-corrected chi connectivity index (χ4v) is 3.79. The molecule has 0 bridgehead atoms. The second-order valence-electron chi connectivity index (χ2n) is 6.08.